The van der Waals surface area contributed by atoms with Gasteiger partial charge in [0.1, 0.15) is 5.52 Å². The maximum Gasteiger partial charge on any atom is 0.313 e. The first-order chi connectivity index (χ1) is 9.11. The van der Waals surface area contributed by atoms with E-state index >= 15 is 0 Å². The molecule has 0 aliphatic carbocycles. The first-order valence-corrected chi connectivity index (χ1v) is 7.34. The summed E-state index contributed by atoms with van der Waals surface area (Å²) in [6, 6.07) is 1.75. The summed E-state index contributed by atoms with van der Waals surface area (Å²) in [7, 11) is 0. The molecule has 0 fully saturated rings. The average molecular weight is 300 g/mol. The summed E-state index contributed by atoms with van der Waals surface area (Å²) in [5.74, 6) is -0.867. The molecule has 0 radical (unpaired) electrons. The van der Waals surface area contributed by atoms with E-state index in [1.165, 1.54) is 11.8 Å². The van der Waals surface area contributed by atoms with Crippen molar-refractivity contribution in [2.24, 2.45) is 0 Å². The zero-order valence-electron chi connectivity index (χ0n) is 10.5. The molecule has 0 amide bonds. The van der Waals surface area contributed by atoms with Gasteiger partial charge in [0.25, 0.3) is 0 Å². The highest BCUT2D eigenvalue weighted by Crippen LogP contribution is 2.25. The topological polar surface area (TPSA) is 68.0 Å². The number of carbonyl (C=O) groups is 1. The molecule has 7 heteroatoms. The Labute approximate surface area is 120 Å². The van der Waals surface area contributed by atoms with Gasteiger partial charge in [0.05, 0.1) is 10.8 Å². The molecule has 102 valence electrons. The van der Waals surface area contributed by atoms with Gasteiger partial charge in [0.15, 0.2) is 10.8 Å². The van der Waals surface area contributed by atoms with E-state index in [4.69, 9.17) is 16.7 Å². The molecule has 0 aromatic carbocycles. The molecule has 0 saturated carbocycles. The number of nitrogens with zero attached hydrogens (tertiary/aromatic N) is 3. The number of thioether (sulfide) groups is 1. The summed E-state index contributed by atoms with van der Waals surface area (Å²) in [5.41, 5.74) is 1.46. The highest BCUT2D eigenvalue weighted by atomic mass is 35.5. The fourth-order valence-corrected chi connectivity index (χ4v) is 2.62. The lowest BCUT2D eigenvalue weighted by Gasteiger charge is -2.06. The largest absolute Gasteiger partial charge is 0.481 e. The number of aliphatic carboxylic acids is 1. The van der Waals surface area contributed by atoms with E-state index in [0.717, 1.165) is 25.0 Å². The monoisotopic (exact) mass is 299 g/mol. The van der Waals surface area contributed by atoms with Crippen LogP contribution in [0.25, 0.3) is 11.2 Å². The number of aromatic nitrogens is 3. The van der Waals surface area contributed by atoms with E-state index < -0.39 is 5.97 Å². The third-order valence-corrected chi connectivity index (χ3v) is 3.74. The van der Waals surface area contributed by atoms with Crippen LogP contribution in [0, 0.1) is 0 Å². The van der Waals surface area contributed by atoms with Crippen molar-refractivity contribution in [2.75, 3.05) is 5.75 Å². The Hall–Kier alpha value is -1.27. The maximum absolute atomic E-state index is 10.7. The zero-order valence-corrected chi connectivity index (χ0v) is 12.0. The van der Waals surface area contributed by atoms with Gasteiger partial charge < -0.3 is 9.67 Å². The van der Waals surface area contributed by atoms with Crippen LogP contribution >= 0.6 is 23.4 Å². The Morgan fingerprint density at radius 3 is 3.05 bits per heavy atom. The van der Waals surface area contributed by atoms with Gasteiger partial charge in [-0.1, -0.05) is 36.7 Å². The Kier molecular flexibility index (Phi) is 4.66. The van der Waals surface area contributed by atoms with Crippen molar-refractivity contribution >= 4 is 40.5 Å². The number of carboxylic acid groups (broad SMARTS) is 1. The van der Waals surface area contributed by atoms with Crippen molar-refractivity contribution in [2.45, 2.75) is 31.5 Å². The molecule has 0 spiro atoms. The summed E-state index contributed by atoms with van der Waals surface area (Å²) in [4.78, 5) is 19.4. The first kappa shape index (κ1) is 14.1. The number of rotatable bonds is 6. The SMILES string of the molecule is CCCCn1c(SCC(=O)O)nc2cc(Cl)cnc21. The highest BCUT2D eigenvalue weighted by Gasteiger charge is 2.13. The van der Waals surface area contributed by atoms with Gasteiger partial charge in [-0.05, 0) is 12.5 Å². The summed E-state index contributed by atoms with van der Waals surface area (Å²) >= 11 is 7.11. The number of imidazole rings is 1. The van der Waals surface area contributed by atoms with Crippen molar-refractivity contribution in [3.8, 4) is 0 Å². The fourth-order valence-electron chi connectivity index (χ4n) is 1.72. The molecule has 19 heavy (non-hydrogen) atoms. The Morgan fingerprint density at radius 1 is 1.58 bits per heavy atom. The van der Waals surface area contributed by atoms with Gasteiger partial charge in [0.2, 0.25) is 0 Å². The lowest BCUT2D eigenvalue weighted by atomic mass is 10.3. The molecule has 0 unspecified atom stereocenters. The summed E-state index contributed by atoms with van der Waals surface area (Å²) in [6.45, 7) is 2.89. The molecular formula is C12H14ClN3O2S. The van der Waals surface area contributed by atoms with E-state index in [0.29, 0.717) is 15.7 Å². The smallest absolute Gasteiger partial charge is 0.313 e. The third-order valence-electron chi connectivity index (χ3n) is 2.58. The van der Waals surface area contributed by atoms with Crippen molar-refractivity contribution in [1.29, 1.82) is 0 Å². The van der Waals surface area contributed by atoms with Crippen LogP contribution in [0.5, 0.6) is 0 Å². The number of pyridine rings is 1. The van der Waals surface area contributed by atoms with Crippen molar-refractivity contribution < 1.29 is 9.90 Å². The Morgan fingerprint density at radius 2 is 2.37 bits per heavy atom. The molecule has 0 aliphatic heterocycles. The van der Waals surface area contributed by atoms with Crippen LogP contribution in [0.2, 0.25) is 5.02 Å². The quantitative estimate of drug-likeness (QED) is 0.830. The second-order valence-corrected chi connectivity index (χ2v) is 5.46. The van der Waals surface area contributed by atoms with E-state index in [-0.39, 0.29) is 5.75 Å². The van der Waals surface area contributed by atoms with Gasteiger partial charge >= 0.3 is 5.97 Å². The van der Waals surface area contributed by atoms with E-state index in [2.05, 4.69) is 16.9 Å². The van der Waals surface area contributed by atoms with E-state index in [1.54, 1.807) is 12.3 Å². The van der Waals surface area contributed by atoms with Crippen molar-refractivity contribution in [3.63, 3.8) is 0 Å². The molecule has 0 aliphatic rings. The molecule has 2 aromatic heterocycles. The molecule has 2 heterocycles. The van der Waals surface area contributed by atoms with E-state index in [1.807, 2.05) is 4.57 Å². The summed E-state index contributed by atoms with van der Waals surface area (Å²) in [5, 5.41) is 9.98. The lowest BCUT2D eigenvalue weighted by molar-refractivity contribution is -0.133. The number of carboxylic acids is 1. The van der Waals surface area contributed by atoms with Gasteiger partial charge in [-0.3, -0.25) is 4.79 Å². The first-order valence-electron chi connectivity index (χ1n) is 5.98. The minimum atomic E-state index is -0.856. The third kappa shape index (κ3) is 3.39. The summed E-state index contributed by atoms with van der Waals surface area (Å²) in [6.07, 6.45) is 3.63. The lowest BCUT2D eigenvalue weighted by Crippen LogP contribution is -2.04. The van der Waals surface area contributed by atoms with Crippen LogP contribution in [0.3, 0.4) is 0 Å². The van der Waals surface area contributed by atoms with Gasteiger partial charge in [-0.2, -0.15) is 0 Å². The van der Waals surface area contributed by atoms with Gasteiger partial charge in [-0.15, -0.1) is 0 Å². The normalized spacial score (nSPS) is 11.1. The van der Waals surface area contributed by atoms with E-state index in [9.17, 15) is 4.79 Å². The maximum atomic E-state index is 10.7. The van der Waals surface area contributed by atoms with Crippen molar-refractivity contribution in [1.82, 2.24) is 14.5 Å². The molecule has 0 bridgehead atoms. The van der Waals surface area contributed by atoms with Crippen LogP contribution in [-0.2, 0) is 11.3 Å². The zero-order chi connectivity index (χ0) is 13.8. The number of fused-ring (bicyclic) bond motifs is 1. The molecule has 5 nitrogen and oxygen atoms in total. The average Bonchev–Trinajstić information content (AvgIpc) is 2.70. The van der Waals surface area contributed by atoms with Crippen LogP contribution in [0.15, 0.2) is 17.4 Å². The van der Waals surface area contributed by atoms with Crippen LogP contribution in [0.1, 0.15) is 19.8 Å². The standard InChI is InChI=1S/C12H14ClN3O2S/c1-2-3-4-16-11-9(5-8(13)6-14-11)15-12(16)19-7-10(17)18/h5-6H,2-4,7H2,1H3,(H,17,18). The molecule has 1 N–H and O–H groups in total. The number of hydrogen-bond acceptors (Lipinski definition) is 4. The molecular weight excluding hydrogens is 286 g/mol. The number of unbranched alkanes of at least 4 members (excludes halogenated alkanes) is 1. The number of aryl methyl sites for hydroxylation is 1. The second kappa shape index (κ2) is 6.25. The molecule has 0 atom stereocenters. The second-order valence-electron chi connectivity index (χ2n) is 4.08. The minimum Gasteiger partial charge on any atom is -0.481 e. The molecule has 2 rings (SSSR count). The van der Waals surface area contributed by atoms with Gasteiger partial charge in [0, 0.05) is 12.7 Å². The molecule has 0 saturated heterocycles. The Bertz CT molecular complexity index is 600. The minimum absolute atomic E-state index is 0.0107. The predicted octanol–water partition coefficient (Wildman–Crippen LogP) is 3.06. The van der Waals surface area contributed by atoms with Crippen molar-refractivity contribution in [3.05, 3.63) is 17.3 Å². The van der Waals surface area contributed by atoms with Crippen LogP contribution < -0.4 is 0 Å². The molecule has 2 aromatic rings. The fraction of sp³-hybridized carbons (Fsp3) is 0.417. The number of hydrogen-bond donors (Lipinski definition) is 1. The van der Waals surface area contributed by atoms with Crippen LogP contribution in [0.4, 0.5) is 0 Å². The Balaban J connectivity index is 2.38. The number of halogens is 1. The predicted molar refractivity (Wildman–Crippen MR) is 75.8 cm³/mol. The summed E-state index contributed by atoms with van der Waals surface area (Å²) < 4.78 is 1.96. The van der Waals surface area contributed by atoms with Crippen LogP contribution in [-0.4, -0.2) is 31.4 Å². The van der Waals surface area contributed by atoms with Gasteiger partial charge in [-0.25, -0.2) is 9.97 Å². The highest BCUT2D eigenvalue weighted by molar-refractivity contribution is 7.99.